The van der Waals surface area contributed by atoms with Gasteiger partial charge in [-0.05, 0) is 66.9 Å². The van der Waals surface area contributed by atoms with Crippen molar-refractivity contribution in [2.45, 2.75) is 82.1 Å². The molecule has 0 unspecified atom stereocenters. The zero-order valence-electron chi connectivity index (χ0n) is 26.6. The van der Waals surface area contributed by atoms with Crippen molar-refractivity contribution in [3.05, 3.63) is 53.6 Å². The van der Waals surface area contributed by atoms with Gasteiger partial charge in [-0.1, -0.05) is 39.0 Å². The highest BCUT2D eigenvalue weighted by molar-refractivity contribution is 8.25. The second kappa shape index (κ2) is 13.2. The Kier molecular flexibility index (Phi) is 10.4. The predicted molar refractivity (Wildman–Crippen MR) is 171 cm³/mol. The lowest BCUT2D eigenvalue weighted by atomic mass is 10.0. The monoisotopic (exact) mass is 671 g/mol. The van der Waals surface area contributed by atoms with Gasteiger partial charge in [-0.15, -0.1) is 13.2 Å². The maximum Gasteiger partial charge on any atom is 0.573 e. The van der Waals surface area contributed by atoms with Crippen LogP contribution in [0.1, 0.15) is 51.3 Å². The number of amides is 2. The molecule has 2 aromatic rings. The normalized spacial score (nSPS) is 20.2. The number of likely N-dealkylation sites (N-methyl/N-ethyl adjacent to an activating group) is 1. The Hall–Kier alpha value is -2.62. The Morgan fingerprint density at radius 1 is 1.18 bits per heavy atom. The summed E-state index contributed by atoms with van der Waals surface area (Å²) < 4.78 is 70.8. The summed E-state index contributed by atoms with van der Waals surface area (Å²) in [6.07, 6.45) is -4.09. The number of likely N-dealkylation sites (tertiary alicyclic amines) is 1. The molecule has 1 saturated heterocycles. The number of nitrogens with one attached hydrogen (secondary N) is 1. The fraction of sp³-hybridized carbons (Fsp3) is 0.548. The molecule has 2 aromatic carbocycles. The lowest BCUT2D eigenvalue weighted by molar-refractivity contribution is -0.274. The van der Waals surface area contributed by atoms with E-state index in [-0.39, 0.29) is 46.3 Å². The van der Waals surface area contributed by atoms with Gasteiger partial charge >= 0.3 is 6.36 Å². The van der Waals surface area contributed by atoms with Crippen LogP contribution in [0.4, 0.5) is 18.9 Å². The molecule has 2 aliphatic heterocycles. The Balaban J connectivity index is 1.59. The van der Waals surface area contributed by atoms with E-state index >= 15 is 0 Å². The third-order valence-corrected chi connectivity index (χ3v) is 15.1. The van der Waals surface area contributed by atoms with Crippen LogP contribution in [0, 0.1) is 0 Å². The van der Waals surface area contributed by atoms with Crippen LogP contribution in [0.15, 0.2) is 47.4 Å². The molecule has 4 rings (SSSR count). The van der Waals surface area contributed by atoms with Crippen molar-refractivity contribution in [1.29, 1.82) is 0 Å². The molecule has 250 valence electrons. The molecule has 3 N–H and O–H groups in total. The molecule has 14 heteroatoms. The molecule has 45 heavy (non-hydrogen) atoms. The molecule has 9 nitrogen and oxygen atoms in total. The van der Waals surface area contributed by atoms with Crippen molar-refractivity contribution >= 4 is 36.4 Å². The molecule has 2 aliphatic rings. The van der Waals surface area contributed by atoms with E-state index in [0.717, 1.165) is 13.0 Å². The minimum atomic E-state index is -4.86. The molecule has 0 spiro atoms. The highest BCUT2D eigenvalue weighted by Crippen LogP contribution is 2.53. The van der Waals surface area contributed by atoms with Crippen LogP contribution in [0.2, 0.25) is 18.1 Å². The van der Waals surface area contributed by atoms with Crippen LogP contribution in [-0.2, 0) is 20.4 Å². The Morgan fingerprint density at radius 3 is 2.53 bits per heavy atom. The highest BCUT2D eigenvalue weighted by atomic mass is 32.3. The number of carbonyl (C=O) groups excluding carboxylic acids is 2. The molecule has 0 aliphatic carbocycles. The number of alkyl halides is 3. The predicted octanol–water partition coefficient (Wildman–Crippen LogP) is 6.88. The molecular formula is C31H44F3N3O6SSi. The number of rotatable bonds is 10. The van der Waals surface area contributed by atoms with Gasteiger partial charge in [-0.25, -0.2) is 0 Å². The maximum absolute atomic E-state index is 13.9. The fourth-order valence-corrected chi connectivity index (χ4v) is 8.28. The minimum absolute atomic E-state index is 0.0234. The van der Waals surface area contributed by atoms with Gasteiger partial charge in [0, 0.05) is 26.2 Å². The van der Waals surface area contributed by atoms with Gasteiger partial charge in [0.15, 0.2) is 8.32 Å². The van der Waals surface area contributed by atoms with Crippen LogP contribution in [0.25, 0.3) is 0 Å². The van der Waals surface area contributed by atoms with Gasteiger partial charge in [0.25, 0.3) is 0 Å². The molecule has 2 atom stereocenters. The number of hydrogen-bond donors (Lipinski definition) is 3. The minimum Gasteiger partial charge on any atom is -0.413 e. The zero-order chi connectivity index (χ0) is 33.4. The van der Waals surface area contributed by atoms with Crippen molar-refractivity contribution in [2.75, 3.05) is 37.2 Å². The topological polar surface area (TPSA) is 112 Å². The first-order valence-corrected chi connectivity index (χ1v) is 19.6. The fourth-order valence-electron chi connectivity index (χ4n) is 5.56. The van der Waals surface area contributed by atoms with Crippen LogP contribution in [-0.4, -0.2) is 83.4 Å². The summed E-state index contributed by atoms with van der Waals surface area (Å²) in [7, 11) is -5.29. The SMILES string of the molecule is CCN(C(=O)Cc1ccc2c(c1)NC(=O)CS2(O)O)[C@H](CN1CC[C@H](O[Si](C)(C)C(C)(C)C)C1)c1cccc(OC(F)(F)F)c1. The van der Waals surface area contributed by atoms with E-state index in [4.69, 9.17) is 4.43 Å². The van der Waals surface area contributed by atoms with E-state index in [2.05, 4.69) is 48.8 Å². The van der Waals surface area contributed by atoms with E-state index in [1.807, 2.05) is 6.92 Å². The smallest absolute Gasteiger partial charge is 0.413 e. The first-order chi connectivity index (χ1) is 20.8. The zero-order valence-corrected chi connectivity index (χ0v) is 28.4. The van der Waals surface area contributed by atoms with Crippen molar-refractivity contribution in [2.24, 2.45) is 0 Å². The largest absolute Gasteiger partial charge is 0.573 e. The first kappa shape index (κ1) is 35.2. The van der Waals surface area contributed by atoms with Gasteiger partial charge in [-0.3, -0.25) is 23.6 Å². The second-order valence-electron chi connectivity index (χ2n) is 13.2. The first-order valence-electron chi connectivity index (χ1n) is 15.0. The second-order valence-corrected chi connectivity index (χ2v) is 20.0. The van der Waals surface area contributed by atoms with E-state index in [1.165, 1.54) is 24.3 Å². The van der Waals surface area contributed by atoms with Gasteiger partial charge in [0.1, 0.15) is 11.5 Å². The number of halogens is 3. The molecule has 2 heterocycles. The van der Waals surface area contributed by atoms with Crippen LogP contribution in [0.5, 0.6) is 5.75 Å². The number of fused-ring (bicyclic) bond motifs is 1. The van der Waals surface area contributed by atoms with E-state index < -0.39 is 43.0 Å². The number of carbonyl (C=O) groups is 2. The number of benzene rings is 2. The molecule has 2 amide bonds. The van der Waals surface area contributed by atoms with Crippen LogP contribution in [0.3, 0.4) is 0 Å². The highest BCUT2D eigenvalue weighted by Gasteiger charge is 2.41. The maximum atomic E-state index is 13.9. The van der Waals surface area contributed by atoms with Gasteiger partial charge in [0.05, 0.1) is 29.1 Å². The third-order valence-electron chi connectivity index (χ3n) is 8.80. The van der Waals surface area contributed by atoms with Crippen LogP contribution >= 0.6 is 10.6 Å². The van der Waals surface area contributed by atoms with Crippen molar-refractivity contribution in [3.8, 4) is 5.75 Å². The lowest BCUT2D eigenvalue weighted by Gasteiger charge is -2.38. The summed E-state index contributed by atoms with van der Waals surface area (Å²) in [6, 6.07) is 9.84. The molecular weight excluding hydrogens is 628 g/mol. The molecule has 0 aromatic heterocycles. The molecule has 0 saturated carbocycles. The van der Waals surface area contributed by atoms with Crippen molar-refractivity contribution < 1.29 is 41.0 Å². The summed E-state index contributed by atoms with van der Waals surface area (Å²) >= 11 is 0. The van der Waals surface area contributed by atoms with E-state index in [1.54, 1.807) is 23.1 Å². The van der Waals surface area contributed by atoms with Crippen molar-refractivity contribution in [3.63, 3.8) is 0 Å². The Morgan fingerprint density at radius 2 is 1.89 bits per heavy atom. The van der Waals surface area contributed by atoms with Gasteiger partial charge in [-0.2, -0.15) is 10.6 Å². The summed E-state index contributed by atoms with van der Waals surface area (Å²) in [5, 5.41) is 2.68. The lowest BCUT2D eigenvalue weighted by Crippen LogP contribution is -2.45. The number of ether oxygens (including phenoxy) is 1. The summed E-state index contributed by atoms with van der Waals surface area (Å²) in [4.78, 5) is 29.9. The van der Waals surface area contributed by atoms with E-state index in [0.29, 0.717) is 24.2 Å². The van der Waals surface area contributed by atoms with Crippen LogP contribution < -0.4 is 10.1 Å². The van der Waals surface area contributed by atoms with Gasteiger partial charge in [0.2, 0.25) is 11.8 Å². The summed E-state index contributed by atoms with van der Waals surface area (Å²) in [5.41, 5.74) is 1.30. The summed E-state index contributed by atoms with van der Waals surface area (Å²) in [6.45, 7) is 14.8. The third kappa shape index (κ3) is 8.80. The average Bonchev–Trinajstić information content (AvgIpc) is 3.32. The summed E-state index contributed by atoms with van der Waals surface area (Å²) in [5.74, 6) is -1.58. The Labute approximate surface area is 265 Å². The van der Waals surface area contributed by atoms with Crippen molar-refractivity contribution in [1.82, 2.24) is 9.80 Å². The number of anilines is 1. The molecule has 1 fully saturated rings. The standard InChI is InChI=1S/C31H44F3N3O6SSi/c1-7-37(29(39)16-21-11-12-27-25(15-21)35-28(38)20-44(27,40)41)26(22-9-8-10-23(17-22)42-31(32,33)34)19-36-14-13-24(18-36)43-45(5,6)30(2,3)4/h8-12,15,17,24,26,40-41H,7,13-14,16,18-20H2,1-6H3,(H,35,38)/t24-,26+/m0/s1. The molecule has 0 bridgehead atoms. The molecule has 0 radical (unpaired) electrons. The number of hydrogen-bond acceptors (Lipinski definition) is 7. The van der Waals surface area contributed by atoms with E-state index in [9.17, 15) is 31.9 Å². The van der Waals surface area contributed by atoms with Gasteiger partial charge < -0.3 is 19.4 Å². The average molecular weight is 672 g/mol. The number of nitrogens with zero attached hydrogens (tertiary/aromatic N) is 2. The quantitative estimate of drug-likeness (QED) is 0.236. The Bertz CT molecular complexity index is 1400.